The lowest BCUT2D eigenvalue weighted by atomic mass is 10.2. The quantitative estimate of drug-likeness (QED) is 0.650. The van der Waals surface area contributed by atoms with Gasteiger partial charge in [-0.25, -0.2) is 8.42 Å². The van der Waals surface area contributed by atoms with E-state index in [1.165, 1.54) is 16.4 Å². The first-order chi connectivity index (χ1) is 13.1. The lowest BCUT2D eigenvalue weighted by Gasteiger charge is -2.24. The molecule has 3 aromatic rings. The first-order valence-electron chi connectivity index (χ1n) is 8.24. The third-order valence-corrected chi connectivity index (χ3v) is 5.88. The van der Waals surface area contributed by atoms with E-state index in [1.54, 1.807) is 19.2 Å². The molecule has 1 fully saturated rings. The molecular formula is C17H17N3O6S. The molecule has 0 amide bonds. The molecule has 0 aliphatic carbocycles. The van der Waals surface area contributed by atoms with Crippen molar-refractivity contribution >= 4 is 10.0 Å². The first-order valence-corrected chi connectivity index (χ1v) is 9.68. The second-order valence-corrected chi connectivity index (χ2v) is 7.66. The number of aromatic nitrogens is 2. The highest BCUT2D eigenvalue weighted by atomic mass is 32.2. The number of morpholine rings is 1. The highest BCUT2D eigenvalue weighted by Gasteiger charge is 2.30. The Balaban J connectivity index is 1.59. The van der Waals surface area contributed by atoms with Gasteiger partial charge in [0.1, 0.15) is 5.75 Å². The first kappa shape index (κ1) is 17.7. The van der Waals surface area contributed by atoms with Gasteiger partial charge >= 0.3 is 0 Å². The van der Waals surface area contributed by atoms with E-state index in [4.69, 9.17) is 18.4 Å². The maximum atomic E-state index is 12.6. The van der Waals surface area contributed by atoms with Gasteiger partial charge in [-0.1, -0.05) is 17.3 Å². The van der Waals surface area contributed by atoms with Crippen molar-refractivity contribution in [2.75, 3.05) is 33.4 Å². The fourth-order valence-corrected chi connectivity index (χ4v) is 4.01. The zero-order valence-corrected chi connectivity index (χ0v) is 15.3. The van der Waals surface area contributed by atoms with Gasteiger partial charge in [-0.2, -0.15) is 9.29 Å². The summed E-state index contributed by atoms with van der Waals surface area (Å²) in [7, 11) is -2.15. The SMILES string of the molecule is COc1cccc(-c2noc(-c3ccc(S(=O)(=O)N4CCOCC4)o3)n2)c1. The molecule has 27 heavy (non-hydrogen) atoms. The molecule has 10 heteroatoms. The predicted octanol–water partition coefficient (Wildman–Crippen LogP) is 2.03. The molecule has 0 unspecified atom stereocenters. The number of ether oxygens (including phenoxy) is 2. The van der Waals surface area contributed by atoms with Crippen molar-refractivity contribution in [3.8, 4) is 28.8 Å². The maximum absolute atomic E-state index is 12.6. The second-order valence-electron chi connectivity index (χ2n) is 5.79. The van der Waals surface area contributed by atoms with Crippen molar-refractivity contribution < 1.29 is 26.8 Å². The van der Waals surface area contributed by atoms with E-state index in [0.717, 1.165) is 0 Å². The third kappa shape index (κ3) is 3.46. The largest absolute Gasteiger partial charge is 0.497 e. The summed E-state index contributed by atoms with van der Waals surface area (Å²) in [6.45, 7) is 1.30. The van der Waals surface area contributed by atoms with Gasteiger partial charge in [0.05, 0.1) is 20.3 Å². The summed E-state index contributed by atoms with van der Waals surface area (Å²) < 4.78 is 47.7. The van der Waals surface area contributed by atoms with Gasteiger partial charge < -0.3 is 18.4 Å². The van der Waals surface area contributed by atoms with E-state index in [2.05, 4.69) is 10.1 Å². The third-order valence-electron chi connectivity index (χ3n) is 4.11. The molecule has 1 aliphatic heterocycles. The summed E-state index contributed by atoms with van der Waals surface area (Å²) in [6, 6.07) is 10.1. The number of hydrogen-bond acceptors (Lipinski definition) is 8. The number of rotatable bonds is 5. The Kier molecular flexibility index (Phi) is 4.68. The summed E-state index contributed by atoms with van der Waals surface area (Å²) in [5, 5.41) is 3.76. The zero-order chi connectivity index (χ0) is 18.9. The van der Waals surface area contributed by atoms with Crippen molar-refractivity contribution in [3.63, 3.8) is 0 Å². The Morgan fingerprint density at radius 2 is 1.96 bits per heavy atom. The molecule has 0 radical (unpaired) electrons. The number of benzene rings is 1. The van der Waals surface area contributed by atoms with E-state index in [1.807, 2.05) is 12.1 Å². The average molecular weight is 391 g/mol. The van der Waals surface area contributed by atoms with Crippen LogP contribution >= 0.6 is 0 Å². The van der Waals surface area contributed by atoms with E-state index in [0.29, 0.717) is 43.4 Å². The molecule has 0 N–H and O–H groups in total. The maximum Gasteiger partial charge on any atom is 0.293 e. The van der Waals surface area contributed by atoms with Crippen molar-refractivity contribution in [3.05, 3.63) is 36.4 Å². The Hall–Kier alpha value is -2.69. The molecule has 4 rings (SSSR count). The number of sulfonamides is 1. The molecule has 0 saturated carbocycles. The van der Waals surface area contributed by atoms with Crippen LogP contribution in [0.1, 0.15) is 0 Å². The van der Waals surface area contributed by atoms with Crippen LogP contribution in [0.25, 0.3) is 23.0 Å². The highest BCUT2D eigenvalue weighted by molar-refractivity contribution is 7.89. The average Bonchev–Trinajstić information content (AvgIpc) is 3.38. The van der Waals surface area contributed by atoms with E-state index >= 15 is 0 Å². The minimum absolute atomic E-state index is 0.0937. The Labute approximate surface area is 155 Å². The van der Waals surface area contributed by atoms with E-state index < -0.39 is 10.0 Å². The van der Waals surface area contributed by atoms with Crippen LogP contribution in [0, 0.1) is 0 Å². The van der Waals surface area contributed by atoms with E-state index in [-0.39, 0.29) is 16.7 Å². The van der Waals surface area contributed by atoms with Crippen LogP contribution in [-0.4, -0.2) is 56.3 Å². The fraction of sp³-hybridized carbons (Fsp3) is 0.294. The lowest BCUT2D eigenvalue weighted by Crippen LogP contribution is -2.40. The van der Waals surface area contributed by atoms with Crippen LogP contribution in [0.5, 0.6) is 5.75 Å². The molecule has 1 aliphatic rings. The number of furan rings is 1. The van der Waals surface area contributed by atoms with Gasteiger partial charge in [-0.3, -0.25) is 0 Å². The van der Waals surface area contributed by atoms with Crippen molar-refractivity contribution in [1.82, 2.24) is 14.4 Å². The van der Waals surface area contributed by atoms with Crippen molar-refractivity contribution in [2.24, 2.45) is 0 Å². The van der Waals surface area contributed by atoms with Gasteiger partial charge in [0, 0.05) is 18.7 Å². The molecule has 0 bridgehead atoms. The Morgan fingerprint density at radius 3 is 2.74 bits per heavy atom. The molecule has 9 nitrogen and oxygen atoms in total. The molecule has 142 valence electrons. The standard InChI is InChI=1S/C17H17N3O6S/c1-23-13-4-2-3-12(11-13)16-18-17(26-19-16)14-5-6-15(25-14)27(21,22)20-7-9-24-10-8-20/h2-6,11H,7-10H2,1H3. The number of methoxy groups -OCH3 is 1. The molecule has 3 heterocycles. The van der Waals surface area contributed by atoms with Gasteiger partial charge in [0.15, 0.2) is 5.76 Å². The number of hydrogen-bond donors (Lipinski definition) is 0. The van der Waals surface area contributed by atoms with Gasteiger partial charge in [-0.15, -0.1) is 0 Å². The van der Waals surface area contributed by atoms with Crippen LogP contribution in [0.3, 0.4) is 0 Å². The minimum Gasteiger partial charge on any atom is -0.497 e. The predicted molar refractivity (Wildman–Crippen MR) is 93.6 cm³/mol. The zero-order valence-electron chi connectivity index (χ0n) is 14.5. The minimum atomic E-state index is -3.72. The molecule has 2 aromatic heterocycles. The number of nitrogens with zero attached hydrogens (tertiary/aromatic N) is 3. The smallest absolute Gasteiger partial charge is 0.293 e. The van der Waals surface area contributed by atoms with Crippen LogP contribution in [0.2, 0.25) is 0 Å². The van der Waals surface area contributed by atoms with Gasteiger partial charge in [0.2, 0.25) is 10.9 Å². The fourth-order valence-electron chi connectivity index (χ4n) is 2.69. The van der Waals surface area contributed by atoms with Crippen LogP contribution in [0.15, 0.2) is 50.4 Å². The van der Waals surface area contributed by atoms with Gasteiger partial charge in [0.25, 0.3) is 15.9 Å². The molecule has 0 atom stereocenters. The van der Waals surface area contributed by atoms with Gasteiger partial charge in [-0.05, 0) is 24.3 Å². The topological polar surface area (TPSA) is 108 Å². The summed E-state index contributed by atoms with van der Waals surface area (Å²) in [4.78, 5) is 4.28. The normalized spacial score (nSPS) is 15.7. The van der Waals surface area contributed by atoms with Crippen LogP contribution < -0.4 is 4.74 Å². The lowest BCUT2D eigenvalue weighted by molar-refractivity contribution is 0.0724. The van der Waals surface area contributed by atoms with Crippen LogP contribution in [0.4, 0.5) is 0 Å². The van der Waals surface area contributed by atoms with Crippen molar-refractivity contribution in [2.45, 2.75) is 5.09 Å². The Morgan fingerprint density at radius 1 is 1.15 bits per heavy atom. The summed E-state index contributed by atoms with van der Waals surface area (Å²) in [6.07, 6.45) is 0. The molecule has 0 spiro atoms. The second kappa shape index (κ2) is 7.14. The molecule has 1 aromatic carbocycles. The summed E-state index contributed by atoms with van der Waals surface area (Å²) >= 11 is 0. The summed E-state index contributed by atoms with van der Waals surface area (Å²) in [5.41, 5.74) is 0.706. The van der Waals surface area contributed by atoms with Crippen molar-refractivity contribution in [1.29, 1.82) is 0 Å². The molecule has 1 saturated heterocycles. The van der Waals surface area contributed by atoms with Crippen LogP contribution in [-0.2, 0) is 14.8 Å². The highest BCUT2D eigenvalue weighted by Crippen LogP contribution is 2.28. The monoisotopic (exact) mass is 391 g/mol. The molecular weight excluding hydrogens is 374 g/mol. The summed E-state index contributed by atoms with van der Waals surface area (Å²) in [5.74, 6) is 1.29. The van der Waals surface area contributed by atoms with E-state index in [9.17, 15) is 8.42 Å². The Bertz CT molecular complexity index is 1040.